The number of carbonyl (C=O) groups is 2. The normalized spacial score (nSPS) is 18.3. The molecule has 0 saturated heterocycles. The second kappa shape index (κ2) is 10.2. The van der Waals surface area contributed by atoms with E-state index in [1.165, 1.54) is 30.3 Å². The highest BCUT2D eigenvalue weighted by molar-refractivity contribution is 6.53. The molecule has 1 saturated carbocycles. The van der Waals surface area contributed by atoms with E-state index in [1.54, 1.807) is 24.3 Å². The van der Waals surface area contributed by atoms with Crippen LogP contribution in [-0.2, 0) is 17.4 Å². The second-order valence-electron chi connectivity index (χ2n) is 9.22. The summed E-state index contributed by atoms with van der Waals surface area (Å²) in [7, 11) is 0. The Morgan fingerprint density at radius 2 is 1.62 bits per heavy atom. The maximum absolute atomic E-state index is 13.1. The van der Waals surface area contributed by atoms with Crippen LogP contribution < -0.4 is 5.32 Å². The van der Waals surface area contributed by atoms with Crippen LogP contribution in [0.15, 0.2) is 60.7 Å². The number of ketones is 1. The summed E-state index contributed by atoms with van der Waals surface area (Å²) in [5.74, 6) is -2.21. The number of aromatic nitrogens is 1. The van der Waals surface area contributed by atoms with Gasteiger partial charge in [0.05, 0.1) is 10.9 Å². The highest BCUT2D eigenvalue weighted by atomic mass is 35.5. The quantitative estimate of drug-likeness (QED) is 0.164. The van der Waals surface area contributed by atoms with Gasteiger partial charge in [-0.3, -0.25) is 9.59 Å². The monoisotopic (exact) mass is 632 g/mol. The number of benzene rings is 3. The van der Waals surface area contributed by atoms with Crippen LogP contribution in [0.4, 0.5) is 18.9 Å². The fourth-order valence-electron chi connectivity index (χ4n) is 4.58. The number of amides is 1. The number of anilines is 1. The Hall–Kier alpha value is -2.42. The van der Waals surface area contributed by atoms with E-state index in [0.29, 0.717) is 37.8 Å². The summed E-state index contributed by atoms with van der Waals surface area (Å²) >= 11 is 31.3. The highest BCUT2D eigenvalue weighted by Crippen LogP contribution is 2.65. The third-order valence-corrected chi connectivity index (χ3v) is 8.18. The molecule has 1 fully saturated rings. The number of Topliss-reactive ketones (excluding diaryl/α,β-unsaturated/α-hetero) is 1. The Morgan fingerprint density at radius 3 is 2.28 bits per heavy atom. The van der Waals surface area contributed by atoms with E-state index in [1.807, 2.05) is 0 Å². The van der Waals surface area contributed by atoms with Crippen LogP contribution in [0.3, 0.4) is 0 Å². The topological polar surface area (TPSA) is 62.0 Å². The van der Waals surface area contributed by atoms with E-state index in [2.05, 4.69) is 10.3 Å². The fraction of sp³-hybridized carbons (Fsp3) is 0.185. The van der Waals surface area contributed by atoms with E-state index in [9.17, 15) is 22.8 Å². The third-order valence-electron chi connectivity index (χ3n) is 6.47. The molecule has 1 heterocycles. The molecule has 1 aromatic heterocycles. The summed E-state index contributed by atoms with van der Waals surface area (Å²) in [6.45, 7) is 0. The Labute approximate surface area is 245 Å². The molecule has 1 amide bonds. The number of aromatic amines is 1. The number of nitrogens with one attached hydrogen (secondary N) is 2. The number of carbonyl (C=O) groups excluding carboxylic acids is 2. The first-order chi connectivity index (χ1) is 18.2. The molecule has 4 aromatic rings. The van der Waals surface area contributed by atoms with Crippen molar-refractivity contribution in [1.82, 2.24) is 4.98 Å². The maximum atomic E-state index is 13.1. The minimum absolute atomic E-state index is 0.119. The predicted octanol–water partition coefficient (Wildman–Crippen LogP) is 9.10. The first kappa shape index (κ1) is 28.1. The van der Waals surface area contributed by atoms with E-state index in [4.69, 9.17) is 58.0 Å². The van der Waals surface area contributed by atoms with Crippen LogP contribution in [0.2, 0.25) is 15.1 Å². The number of fused-ring (bicyclic) bond motifs is 1. The van der Waals surface area contributed by atoms with Crippen molar-refractivity contribution in [1.29, 1.82) is 0 Å². The van der Waals surface area contributed by atoms with Crippen LogP contribution in [0.1, 0.15) is 33.1 Å². The van der Waals surface area contributed by atoms with E-state index >= 15 is 0 Å². The van der Waals surface area contributed by atoms with Crippen molar-refractivity contribution in [2.45, 2.75) is 22.8 Å². The van der Waals surface area contributed by atoms with Gasteiger partial charge in [0.2, 0.25) is 5.91 Å². The van der Waals surface area contributed by atoms with Gasteiger partial charge in [0.15, 0.2) is 5.78 Å². The van der Waals surface area contributed by atoms with Gasteiger partial charge < -0.3 is 10.3 Å². The van der Waals surface area contributed by atoms with E-state index < -0.39 is 33.9 Å². The van der Waals surface area contributed by atoms with Crippen molar-refractivity contribution in [2.24, 2.45) is 5.92 Å². The van der Waals surface area contributed by atoms with Gasteiger partial charge in [0.25, 0.3) is 0 Å². The molecule has 3 aromatic carbocycles. The van der Waals surface area contributed by atoms with Gasteiger partial charge in [-0.2, -0.15) is 13.2 Å². The molecule has 1 aliphatic rings. The van der Waals surface area contributed by atoms with Crippen molar-refractivity contribution in [3.05, 3.63) is 98.1 Å². The molecule has 0 bridgehead atoms. The van der Waals surface area contributed by atoms with Gasteiger partial charge in [-0.05, 0) is 65.7 Å². The first-order valence-corrected chi connectivity index (χ1v) is 13.3. The Kier molecular flexibility index (Phi) is 7.36. The molecule has 2 N–H and O–H groups in total. The third kappa shape index (κ3) is 5.74. The summed E-state index contributed by atoms with van der Waals surface area (Å²) in [5.41, 5.74) is 0.974. The standard InChI is InChI=1S/C27H16Cl5F3N2O2/c28-15-7-14(8-16(29)10-15)23-24(26(23,31)32)25(39)36-17-2-3-19(30)18(11-17)21(38)6-12-1-4-20-13(5-12)9-22(37-20)27(33,34)35/h1-5,7-11,23-24,37H,6H2,(H,36,39). The van der Waals surface area contributed by atoms with Gasteiger partial charge in [-0.1, -0.05) is 40.9 Å². The molecule has 202 valence electrons. The number of rotatable bonds is 6. The molecule has 12 heteroatoms. The zero-order chi connectivity index (χ0) is 28.3. The molecule has 4 nitrogen and oxygen atoms in total. The molecule has 0 radical (unpaired) electrons. The highest BCUT2D eigenvalue weighted by Gasteiger charge is 2.67. The lowest BCUT2D eigenvalue weighted by atomic mass is 10.0. The van der Waals surface area contributed by atoms with Crippen LogP contribution in [-0.4, -0.2) is 21.0 Å². The average Bonchev–Trinajstić information content (AvgIpc) is 3.17. The Balaban J connectivity index is 1.32. The summed E-state index contributed by atoms with van der Waals surface area (Å²) in [6, 6.07) is 14.8. The lowest BCUT2D eigenvalue weighted by Crippen LogP contribution is -2.17. The first-order valence-electron chi connectivity index (χ1n) is 11.4. The van der Waals surface area contributed by atoms with Crippen LogP contribution in [0.25, 0.3) is 10.9 Å². The molecule has 5 rings (SSSR count). The minimum Gasteiger partial charge on any atom is -0.351 e. The van der Waals surface area contributed by atoms with Crippen LogP contribution >= 0.6 is 58.0 Å². The molecule has 1 aliphatic carbocycles. The van der Waals surface area contributed by atoms with Gasteiger partial charge in [0.1, 0.15) is 10.0 Å². The lowest BCUT2D eigenvalue weighted by molar-refractivity contribution is -0.140. The molecule has 2 atom stereocenters. The van der Waals surface area contributed by atoms with Crippen LogP contribution in [0.5, 0.6) is 0 Å². The summed E-state index contributed by atoms with van der Waals surface area (Å²) in [5, 5.41) is 3.96. The fourth-order valence-corrected chi connectivity index (χ4v) is 6.18. The summed E-state index contributed by atoms with van der Waals surface area (Å²) in [4.78, 5) is 28.4. The largest absolute Gasteiger partial charge is 0.431 e. The number of alkyl halides is 5. The van der Waals surface area contributed by atoms with Crippen LogP contribution in [0, 0.1) is 5.92 Å². The predicted molar refractivity (Wildman–Crippen MR) is 149 cm³/mol. The SMILES string of the molecule is O=C(Cc1ccc2[nH]c(C(F)(F)F)cc2c1)c1cc(NC(=O)C2C(c3cc(Cl)cc(Cl)c3)C2(Cl)Cl)ccc1Cl. The smallest absolute Gasteiger partial charge is 0.351 e. The van der Waals surface area contributed by atoms with Crippen molar-refractivity contribution < 1.29 is 22.8 Å². The number of halogens is 8. The molecular weight excluding hydrogens is 619 g/mol. The summed E-state index contributed by atoms with van der Waals surface area (Å²) < 4.78 is 37.7. The minimum atomic E-state index is -4.51. The van der Waals surface area contributed by atoms with Gasteiger partial charge in [-0.15, -0.1) is 23.2 Å². The lowest BCUT2D eigenvalue weighted by Gasteiger charge is -2.09. The van der Waals surface area contributed by atoms with Crippen molar-refractivity contribution in [2.75, 3.05) is 5.32 Å². The van der Waals surface area contributed by atoms with E-state index in [-0.39, 0.29) is 22.8 Å². The molecular formula is C27H16Cl5F3N2O2. The molecule has 0 spiro atoms. The number of H-pyrrole nitrogens is 1. The van der Waals surface area contributed by atoms with Crippen molar-refractivity contribution in [3.8, 4) is 0 Å². The molecule has 0 aliphatic heterocycles. The number of hydrogen-bond acceptors (Lipinski definition) is 2. The van der Waals surface area contributed by atoms with Gasteiger partial charge >= 0.3 is 6.18 Å². The Morgan fingerprint density at radius 1 is 0.923 bits per heavy atom. The molecule has 39 heavy (non-hydrogen) atoms. The van der Waals surface area contributed by atoms with Gasteiger partial charge in [0, 0.05) is 44.5 Å². The summed E-state index contributed by atoms with van der Waals surface area (Å²) in [6.07, 6.45) is -4.63. The Bertz CT molecular complexity index is 1610. The average molecular weight is 635 g/mol. The zero-order valence-corrected chi connectivity index (χ0v) is 23.3. The van der Waals surface area contributed by atoms with Gasteiger partial charge in [-0.25, -0.2) is 0 Å². The second-order valence-corrected chi connectivity index (χ2v) is 11.9. The van der Waals surface area contributed by atoms with E-state index in [0.717, 1.165) is 6.07 Å². The molecule has 2 unspecified atom stereocenters. The van der Waals surface area contributed by atoms with Crippen molar-refractivity contribution >= 4 is 86.3 Å². The number of hydrogen-bond donors (Lipinski definition) is 2. The van der Waals surface area contributed by atoms with Crippen molar-refractivity contribution in [3.63, 3.8) is 0 Å². The maximum Gasteiger partial charge on any atom is 0.431 e. The zero-order valence-electron chi connectivity index (χ0n) is 19.5.